The minimum Gasteiger partial charge on any atom is -0.381 e. The fourth-order valence-electron chi connectivity index (χ4n) is 3.10. The number of rotatable bonds is 5. The first-order valence-electron chi connectivity index (χ1n) is 7.67. The zero-order valence-electron chi connectivity index (χ0n) is 12.1. The van der Waals surface area contributed by atoms with Crippen molar-refractivity contribution in [1.82, 2.24) is 5.32 Å². The van der Waals surface area contributed by atoms with Crippen molar-refractivity contribution in [2.75, 3.05) is 19.8 Å². The van der Waals surface area contributed by atoms with Crippen molar-refractivity contribution < 1.29 is 4.74 Å². The maximum absolute atomic E-state index is 5.72. The van der Waals surface area contributed by atoms with Crippen LogP contribution < -0.4 is 5.32 Å². The molecular formula is C17H23NOS. The smallest absolute Gasteiger partial charge is 0.0512 e. The van der Waals surface area contributed by atoms with Gasteiger partial charge in [0, 0.05) is 23.3 Å². The van der Waals surface area contributed by atoms with E-state index in [-0.39, 0.29) is 0 Å². The normalized spacial score (nSPS) is 21.1. The average Bonchev–Trinajstić information content (AvgIpc) is 2.93. The molecule has 1 aromatic heterocycles. The molecular weight excluding hydrogens is 266 g/mol. The standard InChI is InChI=1S/C17H23NOS/c1-2-9-18-17(13-6-5-10-19-11-13)15-12-20-16-8-4-3-7-14(15)16/h3-4,7-8,12-13,17-18H,2,5-6,9-11H2,1H3. The van der Waals surface area contributed by atoms with E-state index in [1.807, 2.05) is 11.3 Å². The van der Waals surface area contributed by atoms with Gasteiger partial charge in [-0.3, -0.25) is 0 Å². The molecule has 0 saturated carbocycles. The number of hydrogen-bond donors (Lipinski definition) is 1. The van der Waals surface area contributed by atoms with Gasteiger partial charge < -0.3 is 10.1 Å². The fraction of sp³-hybridized carbons (Fsp3) is 0.529. The van der Waals surface area contributed by atoms with Crippen molar-refractivity contribution in [3.05, 3.63) is 35.2 Å². The number of nitrogens with one attached hydrogen (secondary N) is 1. The van der Waals surface area contributed by atoms with Crippen LogP contribution >= 0.6 is 11.3 Å². The number of fused-ring (bicyclic) bond motifs is 1. The summed E-state index contributed by atoms with van der Waals surface area (Å²) in [6.07, 6.45) is 3.63. The Morgan fingerprint density at radius 1 is 1.40 bits per heavy atom. The molecule has 1 aromatic carbocycles. The number of hydrogen-bond acceptors (Lipinski definition) is 3. The molecule has 108 valence electrons. The van der Waals surface area contributed by atoms with Crippen molar-refractivity contribution in [3.8, 4) is 0 Å². The van der Waals surface area contributed by atoms with Gasteiger partial charge in [-0.2, -0.15) is 0 Å². The van der Waals surface area contributed by atoms with E-state index in [2.05, 4.69) is 41.9 Å². The molecule has 0 radical (unpaired) electrons. The van der Waals surface area contributed by atoms with Crippen LogP contribution in [0.5, 0.6) is 0 Å². The molecule has 1 fully saturated rings. The summed E-state index contributed by atoms with van der Waals surface area (Å²) in [4.78, 5) is 0. The predicted molar refractivity (Wildman–Crippen MR) is 86.4 cm³/mol. The van der Waals surface area contributed by atoms with Gasteiger partial charge in [-0.25, -0.2) is 0 Å². The predicted octanol–water partition coefficient (Wildman–Crippen LogP) is 4.37. The second-order valence-corrected chi connectivity index (χ2v) is 6.51. The second kappa shape index (κ2) is 6.70. The summed E-state index contributed by atoms with van der Waals surface area (Å²) in [5, 5.41) is 7.51. The molecule has 2 unspecified atom stereocenters. The van der Waals surface area contributed by atoms with Crippen LogP contribution in [0.3, 0.4) is 0 Å². The van der Waals surface area contributed by atoms with Crippen molar-refractivity contribution in [1.29, 1.82) is 0 Å². The van der Waals surface area contributed by atoms with E-state index < -0.39 is 0 Å². The third-order valence-corrected chi connectivity index (χ3v) is 5.11. The highest BCUT2D eigenvalue weighted by Gasteiger charge is 2.26. The zero-order chi connectivity index (χ0) is 13.8. The van der Waals surface area contributed by atoms with Crippen LogP contribution in [0.2, 0.25) is 0 Å². The highest BCUT2D eigenvalue weighted by atomic mass is 32.1. The largest absolute Gasteiger partial charge is 0.381 e. The summed E-state index contributed by atoms with van der Waals surface area (Å²) in [5.74, 6) is 0.605. The lowest BCUT2D eigenvalue weighted by Gasteiger charge is -2.31. The first-order chi connectivity index (χ1) is 9.90. The van der Waals surface area contributed by atoms with Crippen molar-refractivity contribution in [3.63, 3.8) is 0 Å². The summed E-state index contributed by atoms with van der Waals surface area (Å²) in [5.41, 5.74) is 1.47. The first-order valence-corrected chi connectivity index (χ1v) is 8.55. The van der Waals surface area contributed by atoms with E-state index in [9.17, 15) is 0 Å². The van der Waals surface area contributed by atoms with Crippen molar-refractivity contribution >= 4 is 21.4 Å². The summed E-state index contributed by atoms with van der Waals surface area (Å²) < 4.78 is 7.11. The van der Waals surface area contributed by atoms with Gasteiger partial charge in [0.05, 0.1) is 6.61 Å². The number of ether oxygens (including phenoxy) is 1. The molecule has 20 heavy (non-hydrogen) atoms. The summed E-state index contributed by atoms with van der Waals surface area (Å²) >= 11 is 1.86. The topological polar surface area (TPSA) is 21.3 Å². The maximum atomic E-state index is 5.72. The van der Waals surface area contributed by atoms with E-state index in [4.69, 9.17) is 4.74 Å². The lowest BCUT2D eigenvalue weighted by Crippen LogP contribution is -2.33. The lowest BCUT2D eigenvalue weighted by atomic mass is 9.88. The summed E-state index contributed by atoms with van der Waals surface area (Å²) in [7, 11) is 0. The quantitative estimate of drug-likeness (QED) is 0.882. The van der Waals surface area contributed by atoms with Crippen LogP contribution in [0.4, 0.5) is 0 Å². The van der Waals surface area contributed by atoms with E-state index in [0.717, 1.165) is 19.8 Å². The zero-order valence-corrected chi connectivity index (χ0v) is 12.9. The molecule has 2 aromatic rings. The first kappa shape index (κ1) is 14.1. The van der Waals surface area contributed by atoms with E-state index in [0.29, 0.717) is 12.0 Å². The molecule has 3 rings (SSSR count). The molecule has 2 heterocycles. The van der Waals surface area contributed by atoms with Crippen LogP contribution in [-0.4, -0.2) is 19.8 Å². The van der Waals surface area contributed by atoms with Crippen molar-refractivity contribution in [2.45, 2.75) is 32.2 Å². The molecule has 1 saturated heterocycles. The highest BCUT2D eigenvalue weighted by molar-refractivity contribution is 7.17. The van der Waals surface area contributed by atoms with Gasteiger partial charge in [-0.05, 0) is 48.2 Å². The fourth-order valence-corrected chi connectivity index (χ4v) is 4.10. The average molecular weight is 289 g/mol. The minimum absolute atomic E-state index is 0.436. The molecule has 2 atom stereocenters. The monoisotopic (exact) mass is 289 g/mol. The van der Waals surface area contributed by atoms with Crippen molar-refractivity contribution in [2.24, 2.45) is 5.92 Å². The number of thiophene rings is 1. The van der Waals surface area contributed by atoms with Crippen LogP contribution in [0, 0.1) is 5.92 Å². The second-order valence-electron chi connectivity index (χ2n) is 5.60. The Labute approximate surface area is 125 Å². The molecule has 1 N–H and O–H groups in total. The molecule has 1 aliphatic heterocycles. The third-order valence-electron chi connectivity index (χ3n) is 4.13. The van der Waals surface area contributed by atoms with E-state index in [1.165, 1.54) is 34.9 Å². The number of benzene rings is 1. The van der Waals surface area contributed by atoms with Crippen LogP contribution in [0.1, 0.15) is 37.8 Å². The Morgan fingerprint density at radius 3 is 3.10 bits per heavy atom. The molecule has 0 aliphatic carbocycles. The Morgan fingerprint density at radius 2 is 2.30 bits per heavy atom. The Balaban J connectivity index is 1.90. The molecule has 0 bridgehead atoms. The Kier molecular flexibility index (Phi) is 4.71. The van der Waals surface area contributed by atoms with Gasteiger partial charge in [-0.1, -0.05) is 25.1 Å². The SMILES string of the molecule is CCCNC(c1csc2ccccc12)C1CCCOC1. The van der Waals surface area contributed by atoms with Gasteiger partial charge in [0.2, 0.25) is 0 Å². The molecule has 2 nitrogen and oxygen atoms in total. The Bertz CT molecular complexity index is 545. The van der Waals surface area contributed by atoms with Gasteiger partial charge in [0.15, 0.2) is 0 Å². The minimum atomic E-state index is 0.436. The maximum Gasteiger partial charge on any atom is 0.0512 e. The summed E-state index contributed by atoms with van der Waals surface area (Å²) in [6, 6.07) is 9.18. The molecule has 0 amide bonds. The van der Waals surface area contributed by atoms with Gasteiger partial charge in [-0.15, -0.1) is 11.3 Å². The van der Waals surface area contributed by atoms with Gasteiger partial charge in [0.1, 0.15) is 0 Å². The van der Waals surface area contributed by atoms with Gasteiger partial charge in [0.25, 0.3) is 0 Å². The Hall–Kier alpha value is -0.900. The molecule has 1 aliphatic rings. The summed E-state index contributed by atoms with van der Waals surface area (Å²) in [6.45, 7) is 5.13. The highest BCUT2D eigenvalue weighted by Crippen LogP contribution is 2.36. The third kappa shape index (κ3) is 2.90. The van der Waals surface area contributed by atoms with E-state index >= 15 is 0 Å². The lowest BCUT2D eigenvalue weighted by molar-refractivity contribution is 0.0393. The molecule has 0 spiro atoms. The molecule has 3 heteroatoms. The van der Waals surface area contributed by atoms with E-state index in [1.54, 1.807) is 0 Å². The van der Waals surface area contributed by atoms with Crippen LogP contribution in [0.15, 0.2) is 29.6 Å². The van der Waals surface area contributed by atoms with Gasteiger partial charge >= 0.3 is 0 Å². The van der Waals surface area contributed by atoms with Crippen LogP contribution in [-0.2, 0) is 4.74 Å². The van der Waals surface area contributed by atoms with Crippen LogP contribution in [0.25, 0.3) is 10.1 Å².